The van der Waals surface area contributed by atoms with Crippen LogP contribution < -0.4 is 5.73 Å². The van der Waals surface area contributed by atoms with Gasteiger partial charge in [0, 0.05) is 23.5 Å². The monoisotopic (exact) mass is 281 g/mol. The summed E-state index contributed by atoms with van der Waals surface area (Å²) < 4.78 is 2.36. The third kappa shape index (κ3) is 3.76. The van der Waals surface area contributed by atoms with Crippen LogP contribution in [0.25, 0.3) is 0 Å². The third-order valence-electron chi connectivity index (χ3n) is 4.13. The molecule has 1 aromatic rings. The molecule has 2 N–H and O–H groups in total. The van der Waals surface area contributed by atoms with Crippen molar-refractivity contribution < 1.29 is 0 Å². The number of aromatic nitrogens is 2. The van der Waals surface area contributed by atoms with Gasteiger partial charge in [0.05, 0.1) is 12.0 Å². The summed E-state index contributed by atoms with van der Waals surface area (Å²) in [5.41, 5.74) is 7.57. The highest BCUT2D eigenvalue weighted by Gasteiger charge is 2.25. The number of thioether (sulfide) groups is 1. The summed E-state index contributed by atoms with van der Waals surface area (Å²) in [6.07, 6.45) is 12.4. The maximum atomic E-state index is 6.35. The van der Waals surface area contributed by atoms with E-state index in [1.54, 1.807) is 0 Å². The molecule has 3 nitrogen and oxygen atoms in total. The summed E-state index contributed by atoms with van der Waals surface area (Å²) in [7, 11) is 0. The van der Waals surface area contributed by atoms with Crippen LogP contribution >= 0.6 is 11.8 Å². The topological polar surface area (TPSA) is 43.8 Å². The molecule has 3 unspecified atom stereocenters. The van der Waals surface area contributed by atoms with E-state index >= 15 is 0 Å². The Hall–Kier alpha value is -0.480. The number of hydrogen-bond acceptors (Lipinski definition) is 3. The molecule has 19 heavy (non-hydrogen) atoms. The Morgan fingerprint density at radius 2 is 2.26 bits per heavy atom. The summed E-state index contributed by atoms with van der Waals surface area (Å²) in [5.74, 6) is 0.628. The first-order valence-corrected chi connectivity index (χ1v) is 8.70. The van der Waals surface area contributed by atoms with Gasteiger partial charge in [-0.25, -0.2) is 4.98 Å². The molecule has 0 spiro atoms. The van der Waals surface area contributed by atoms with Gasteiger partial charge in [-0.1, -0.05) is 20.3 Å². The molecular weight excluding hydrogens is 254 g/mol. The minimum atomic E-state index is 0.122. The van der Waals surface area contributed by atoms with Crippen LogP contribution in [0.4, 0.5) is 0 Å². The lowest BCUT2D eigenvalue weighted by Gasteiger charge is -2.31. The largest absolute Gasteiger partial charge is 0.330 e. The van der Waals surface area contributed by atoms with Crippen molar-refractivity contribution in [3.63, 3.8) is 0 Å². The van der Waals surface area contributed by atoms with Gasteiger partial charge in [0.15, 0.2) is 0 Å². The number of hydrogen-bond donors (Lipinski definition) is 1. The lowest BCUT2D eigenvalue weighted by atomic mass is 9.94. The standard InChI is InChI=1S/C15H27N3S/c1-11(2)7-14(16)15-9-17-10-18(15)12-5-4-6-13(8-12)19-3/h9-14H,4-8,16H2,1-3H3. The first kappa shape index (κ1) is 14.9. The van der Waals surface area contributed by atoms with Gasteiger partial charge < -0.3 is 10.3 Å². The van der Waals surface area contributed by atoms with Gasteiger partial charge in [-0.2, -0.15) is 11.8 Å². The Kier molecular flexibility index (Phi) is 5.34. The number of nitrogens with zero attached hydrogens (tertiary/aromatic N) is 2. The lowest BCUT2D eigenvalue weighted by Crippen LogP contribution is -2.24. The SMILES string of the molecule is CSC1CCCC(n2cncc2C(N)CC(C)C)C1. The zero-order valence-electron chi connectivity index (χ0n) is 12.4. The average Bonchev–Trinajstić information content (AvgIpc) is 2.87. The van der Waals surface area contributed by atoms with E-state index in [9.17, 15) is 0 Å². The van der Waals surface area contributed by atoms with Crippen LogP contribution in [-0.2, 0) is 0 Å². The van der Waals surface area contributed by atoms with Gasteiger partial charge >= 0.3 is 0 Å². The van der Waals surface area contributed by atoms with E-state index < -0.39 is 0 Å². The van der Waals surface area contributed by atoms with Crippen LogP contribution in [0, 0.1) is 5.92 Å². The highest BCUT2D eigenvalue weighted by Crippen LogP contribution is 2.35. The number of rotatable bonds is 5. The van der Waals surface area contributed by atoms with Crippen LogP contribution in [0.1, 0.15) is 63.7 Å². The van der Waals surface area contributed by atoms with E-state index in [0.717, 1.165) is 11.7 Å². The second kappa shape index (κ2) is 6.80. The van der Waals surface area contributed by atoms with E-state index in [1.165, 1.54) is 31.4 Å². The predicted octanol–water partition coefficient (Wildman–Crippen LogP) is 3.78. The maximum absolute atomic E-state index is 6.35. The molecule has 1 fully saturated rings. The van der Waals surface area contributed by atoms with Crippen molar-refractivity contribution in [3.05, 3.63) is 18.2 Å². The van der Waals surface area contributed by atoms with E-state index in [1.807, 2.05) is 24.3 Å². The van der Waals surface area contributed by atoms with Gasteiger partial charge in [-0.3, -0.25) is 0 Å². The zero-order valence-corrected chi connectivity index (χ0v) is 13.2. The molecule has 2 rings (SSSR count). The molecule has 0 bridgehead atoms. The zero-order chi connectivity index (χ0) is 13.8. The molecule has 1 saturated carbocycles. The van der Waals surface area contributed by atoms with Gasteiger partial charge in [-0.05, 0) is 37.9 Å². The quantitative estimate of drug-likeness (QED) is 0.893. The van der Waals surface area contributed by atoms with Gasteiger partial charge in [0.2, 0.25) is 0 Å². The second-order valence-electron chi connectivity index (χ2n) is 6.14. The first-order chi connectivity index (χ1) is 9.11. The molecule has 1 aliphatic rings. The van der Waals surface area contributed by atoms with E-state index in [2.05, 4.69) is 29.7 Å². The van der Waals surface area contributed by atoms with Crippen molar-refractivity contribution in [2.75, 3.05) is 6.26 Å². The molecule has 4 heteroatoms. The van der Waals surface area contributed by atoms with Gasteiger partial charge in [0.1, 0.15) is 0 Å². The third-order valence-corrected chi connectivity index (χ3v) is 5.22. The molecule has 3 atom stereocenters. The van der Waals surface area contributed by atoms with E-state index in [-0.39, 0.29) is 6.04 Å². The lowest BCUT2D eigenvalue weighted by molar-refractivity contribution is 0.344. The fourth-order valence-corrected chi connectivity index (χ4v) is 3.94. The molecule has 0 aromatic carbocycles. The average molecular weight is 281 g/mol. The van der Waals surface area contributed by atoms with Crippen molar-refractivity contribution in [3.8, 4) is 0 Å². The smallest absolute Gasteiger partial charge is 0.0951 e. The van der Waals surface area contributed by atoms with E-state index in [0.29, 0.717) is 12.0 Å². The molecule has 0 radical (unpaired) electrons. The van der Waals surface area contributed by atoms with Gasteiger partial charge in [0.25, 0.3) is 0 Å². The predicted molar refractivity (Wildman–Crippen MR) is 83.4 cm³/mol. The van der Waals surface area contributed by atoms with Crippen molar-refractivity contribution >= 4 is 11.8 Å². The number of imidazole rings is 1. The Morgan fingerprint density at radius 1 is 1.47 bits per heavy atom. The fraction of sp³-hybridized carbons (Fsp3) is 0.800. The Bertz CT molecular complexity index is 388. The molecule has 108 valence electrons. The van der Waals surface area contributed by atoms with Crippen molar-refractivity contribution in [2.24, 2.45) is 11.7 Å². The fourth-order valence-electron chi connectivity index (χ4n) is 3.12. The molecule has 0 saturated heterocycles. The van der Waals surface area contributed by atoms with Crippen LogP contribution in [0.2, 0.25) is 0 Å². The second-order valence-corrected chi connectivity index (χ2v) is 7.28. The summed E-state index contributed by atoms with van der Waals surface area (Å²) in [6, 6.07) is 0.721. The molecule has 0 amide bonds. The number of nitrogens with two attached hydrogens (primary N) is 1. The normalized spacial score (nSPS) is 25.7. The van der Waals surface area contributed by atoms with Gasteiger partial charge in [-0.15, -0.1) is 0 Å². The minimum Gasteiger partial charge on any atom is -0.330 e. The maximum Gasteiger partial charge on any atom is 0.0951 e. The summed E-state index contributed by atoms with van der Waals surface area (Å²) >= 11 is 2.01. The summed E-state index contributed by atoms with van der Waals surface area (Å²) in [6.45, 7) is 4.45. The van der Waals surface area contributed by atoms with Crippen LogP contribution in [0.5, 0.6) is 0 Å². The first-order valence-electron chi connectivity index (χ1n) is 7.42. The Balaban J connectivity index is 2.10. The Morgan fingerprint density at radius 3 is 2.95 bits per heavy atom. The van der Waals surface area contributed by atoms with Crippen LogP contribution in [0.15, 0.2) is 12.5 Å². The molecule has 1 heterocycles. The van der Waals surface area contributed by atoms with Crippen molar-refractivity contribution in [1.82, 2.24) is 9.55 Å². The molecular formula is C15H27N3S. The molecule has 0 aliphatic heterocycles. The highest BCUT2D eigenvalue weighted by atomic mass is 32.2. The van der Waals surface area contributed by atoms with Crippen LogP contribution in [-0.4, -0.2) is 21.1 Å². The van der Waals surface area contributed by atoms with Crippen molar-refractivity contribution in [1.29, 1.82) is 0 Å². The molecule has 1 aromatic heterocycles. The minimum absolute atomic E-state index is 0.122. The highest BCUT2D eigenvalue weighted by molar-refractivity contribution is 7.99. The van der Waals surface area contributed by atoms with Crippen molar-refractivity contribution in [2.45, 2.75) is 63.3 Å². The van der Waals surface area contributed by atoms with E-state index in [4.69, 9.17) is 5.73 Å². The Labute approximate surface area is 121 Å². The van der Waals surface area contributed by atoms with Crippen LogP contribution in [0.3, 0.4) is 0 Å². The molecule has 1 aliphatic carbocycles. The summed E-state index contributed by atoms with van der Waals surface area (Å²) in [5, 5.41) is 0.801. The summed E-state index contributed by atoms with van der Waals surface area (Å²) in [4.78, 5) is 4.35.